The Morgan fingerprint density at radius 1 is 1.35 bits per heavy atom. The molecule has 2 N–H and O–H groups in total. The molecular weight excluding hydrogens is 214 g/mol. The molecule has 1 fully saturated rings. The van der Waals surface area contributed by atoms with Gasteiger partial charge in [0.05, 0.1) is 6.10 Å². The summed E-state index contributed by atoms with van der Waals surface area (Å²) in [6, 6.07) is 0.678. The van der Waals surface area contributed by atoms with Gasteiger partial charge in [0.1, 0.15) is 0 Å². The molecule has 0 aromatic rings. The second-order valence-electron chi connectivity index (χ2n) is 4.88. The van der Waals surface area contributed by atoms with Crippen molar-refractivity contribution in [3.8, 4) is 0 Å². The molecule has 0 bridgehead atoms. The van der Waals surface area contributed by atoms with E-state index >= 15 is 0 Å². The van der Waals surface area contributed by atoms with Gasteiger partial charge < -0.3 is 15.4 Å². The molecule has 0 spiro atoms. The van der Waals surface area contributed by atoms with Crippen molar-refractivity contribution in [1.29, 1.82) is 0 Å². The largest absolute Gasteiger partial charge is 0.377 e. The monoisotopic (exact) mass is 243 g/mol. The minimum absolute atomic E-state index is 0.236. The highest BCUT2D eigenvalue weighted by Gasteiger charge is 2.22. The van der Waals surface area contributed by atoms with Crippen LogP contribution in [0.3, 0.4) is 0 Å². The minimum Gasteiger partial charge on any atom is -0.377 e. The molecule has 0 saturated carbocycles. The van der Waals surface area contributed by atoms with Crippen molar-refractivity contribution in [2.45, 2.75) is 39.3 Å². The van der Waals surface area contributed by atoms with Gasteiger partial charge in [-0.05, 0) is 26.8 Å². The topological polar surface area (TPSA) is 41.7 Å². The third kappa shape index (κ3) is 4.92. The number of piperazine rings is 1. The van der Waals surface area contributed by atoms with Crippen LogP contribution >= 0.6 is 0 Å². The third-order valence-electron chi connectivity index (χ3n) is 3.69. The second kappa shape index (κ2) is 8.03. The van der Waals surface area contributed by atoms with Crippen LogP contribution in [-0.2, 0) is 4.74 Å². The average Bonchev–Trinajstić information content (AvgIpc) is 2.34. The maximum Gasteiger partial charge on any atom is 0.0709 e. The molecule has 1 rings (SSSR count). The number of nitrogens with two attached hydrogens (primary N) is 1. The molecule has 0 aromatic carbocycles. The van der Waals surface area contributed by atoms with E-state index < -0.39 is 0 Å². The van der Waals surface area contributed by atoms with Crippen molar-refractivity contribution < 1.29 is 4.74 Å². The van der Waals surface area contributed by atoms with E-state index in [0.29, 0.717) is 12.6 Å². The molecule has 4 nitrogen and oxygen atoms in total. The number of hydrogen-bond donors (Lipinski definition) is 1. The van der Waals surface area contributed by atoms with Gasteiger partial charge in [-0.2, -0.15) is 0 Å². The van der Waals surface area contributed by atoms with E-state index in [9.17, 15) is 0 Å². The summed E-state index contributed by atoms with van der Waals surface area (Å²) in [5.41, 5.74) is 5.69. The number of ether oxygens (including phenoxy) is 1. The van der Waals surface area contributed by atoms with Crippen LogP contribution in [0.25, 0.3) is 0 Å². The van der Waals surface area contributed by atoms with E-state index in [4.69, 9.17) is 10.5 Å². The van der Waals surface area contributed by atoms with Crippen LogP contribution in [-0.4, -0.2) is 67.8 Å². The van der Waals surface area contributed by atoms with Crippen LogP contribution in [0, 0.1) is 0 Å². The summed E-state index contributed by atoms with van der Waals surface area (Å²) in [6.07, 6.45) is 1.29. The maximum atomic E-state index is 5.69. The third-order valence-corrected chi connectivity index (χ3v) is 3.69. The van der Waals surface area contributed by atoms with Crippen LogP contribution < -0.4 is 5.73 Å². The van der Waals surface area contributed by atoms with Crippen LogP contribution in [0.1, 0.15) is 27.2 Å². The van der Waals surface area contributed by atoms with Crippen molar-refractivity contribution in [2.24, 2.45) is 5.73 Å². The summed E-state index contributed by atoms with van der Waals surface area (Å²) in [6.45, 7) is 13.8. The summed E-state index contributed by atoms with van der Waals surface area (Å²) in [5, 5.41) is 0. The van der Waals surface area contributed by atoms with Crippen molar-refractivity contribution in [3.63, 3.8) is 0 Å². The molecule has 4 heteroatoms. The quantitative estimate of drug-likeness (QED) is 0.717. The first-order chi connectivity index (χ1) is 8.21. The Morgan fingerprint density at radius 3 is 2.65 bits per heavy atom. The molecule has 0 amide bonds. The Kier molecular flexibility index (Phi) is 7.04. The lowest BCUT2D eigenvalue weighted by atomic mass is 10.1. The lowest BCUT2D eigenvalue weighted by Crippen LogP contribution is -2.52. The lowest BCUT2D eigenvalue weighted by Gasteiger charge is -2.39. The minimum atomic E-state index is 0.236. The van der Waals surface area contributed by atoms with Gasteiger partial charge in [0.25, 0.3) is 0 Å². The van der Waals surface area contributed by atoms with Gasteiger partial charge in [0.15, 0.2) is 0 Å². The number of likely N-dealkylation sites (N-methyl/N-ethyl adjacent to an activating group) is 1. The van der Waals surface area contributed by atoms with Crippen LogP contribution in [0.15, 0.2) is 0 Å². The normalized spacial score (nSPS) is 25.1. The van der Waals surface area contributed by atoms with Gasteiger partial charge in [-0.1, -0.05) is 6.92 Å². The second-order valence-corrected chi connectivity index (χ2v) is 4.88. The predicted molar refractivity (Wildman–Crippen MR) is 72.2 cm³/mol. The molecule has 0 radical (unpaired) electrons. The standard InChI is InChI=1S/C13H29N3O/c1-4-16-9-8-15(11-12(16)3)7-6-13(10-14)17-5-2/h12-13H,4-11,14H2,1-3H3. The first-order valence-corrected chi connectivity index (χ1v) is 6.99. The fraction of sp³-hybridized carbons (Fsp3) is 1.00. The van der Waals surface area contributed by atoms with Gasteiger partial charge in [-0.25, -0.2) is 0 Å². The SMILES string of the molecule is CCOC(CN)CCN1CCN(CC)C(C)C1. The van der Waals surface area contributed by atoms with Crippen LogP contribution in [0.5, 0.6) is 0 Å². The van der Waals surface area contributed by atoms with E-state index in [-0.39, 0.29) is 6.10 Å². The Bertz CT molecular complexity index is 201. The predicted octanol–water partition coefficient (Wildman–Crippen LogP) is 0.766. The van der Waals surface area contributed by atoms with Crippen molar-refractivity contribution in [3.05, 3.63) is 0 Å². The average molecular weight is 243 g/mol. The molecule has 2 unspecified atom stereocenters. The molecule has 1 heterocycles. The summed E-state index contributed by atoms with van der Waals surface area (Å²) in [5.74, 6) is 0. The zero-order chi connectivity index (χ0) is 12.7. The Hall–Kier alpha value is -0.160. The lowest BCUT2D eigenvalue weighted by molar-refractivity contribution is 0.0392. The fourth-order valence-electron chi connectivity index (χ4n) is 2.58. The molecule has 0 aromatic heterocycles. The molecule has 1 aliphatic heterocycles. The Balaban J connectivity index is 2.24. The Morgan fingerprint density at radius 2 is 2.12 bits per heavy atom. The maximum absolute atomic E-state index is 5.69. The number of hydrogen-bond acceptors (Lipinski definition) is 4. The highest BCUT2D eigenvalue weighted by molar-refractivity contribution is 4.78. The first kappa shape index (κ1) is 14.9. The molecule has 1 aliphatic rings. The molecule has 102 valence electrons. The van der Waals surface area contributed by atoms with Crippen molar-refractivity contribution >= 4 is 0 Å². The summed E-state index contributed by atoms with van der Waals surface area (Å²) in [4.78, 5) is 5.08. The van der Waals surface area contributed by atoms with Crippen molar-refractivity contribution in [2.75, 3.05) is 45.9 Å². The van der Waals surface area contributed by atoms with E-state index in [1.807, 2.05) is 6.92 Å². The van der Waals surface area contributed by atoms with E-state index in [2.05, 4.69) is 23.6 Å². The number of nitrogens with zero attached hydrogens (tertiary/aromatic N) is 2. The molecule has 1 saturated heterocycles. The van der Waals surface area contributed by atoms with E-state index in [1.54, 1.807) is 0 Å². The van der Waals surface area contributed by atoms with E-state index in [1.165, 1.54) is 26.2 Å². The number of rotatable bonds is 7. The van der Waals surface area contributed by atoms with Crippen LogP contribution in [0.4, 0.5) is 0 Å². The molecule has 2 atom stereocenters. The summed E-state index contributed by atoms with van der Waals surface area (Å²) < 4.78 is 5.59. The highest BCUT2D eigenvalue weighted by Crippen LogP contribution is 2.10. The zero-order valence-corrected chi connectivity index (χ0v) is 11.7. The molecule has 0 aliphatic carbocycles. The van der Waals surface area contributed by atoms with E-state index in [0.717, 1.165) is 19.6 Å². The molecular formula is C13H29N3O. The summed E-state index contributed by atoms with van der Waals surface area (Å²) >= 11 is 0. The van der Waals surface area contributed by atoms with Gasteiger partial charge >= 0.3 is 0 Å². The van der Waals surface area contributed by atoms with Gasteiger partial charge in [0, 0.05) is 45.4 Å². The zero-order valence-electron chi connectivity index (χ0n) is 11.7. The highest BCUT2D eigenvalue weighted by atomic mass is 16.5. The summed E-state index contributed by atoms with van der Waals surface area (Å²) in [7, 11) is 0. The first-order valence-electron chi connectivity index (χ1n) is 6.99. The smallest absolute Gasteiger partial charge is 0.0709 e. The fourth-order valence-corrected chi connectivity index (χ4v) is 2.58. The van der Waals surface area contributed by atoms with Crippen LogP contribution in [0.2, 0.25) is 0 Å². The Labute approximate surface area is 106 Å². The van der Waals surface area contributed by atoms with Crippen molar-refractivity contribution in [1.82, 2.24) is 9.80 Å². The van der Waals surface area contributed by atoms with Gasteiger partial charge in [0.2, 0.25) is 0 Å². The van der Waals surface area contributed by atoms with Gasteiger partial charge in [-0.3, -0.25) is 4.90 Å². The van der Waals surface area contributed by atoms with Gasteiger partial charge in [-0.15, -0.1) is 0 Å². The molecule has 17 heavy (non-hydrogen) atoms.